The van der Waals surface area contributed by atoms with E-state index in [1.165, 1.54) is 66.0 Å². The van der Waals surface area contributed by atoms with Crippen molar-refractivity contribution in [2.75, 3.05) is 6.61 Å². The molecule has 8 rings (SSSR count). The number of aliphatic hydroxyl groups is 1. The number of hydrogen-bond donors (Lipinski definition) is 1. The molecule has 0 unspecified atom stereocenters. The van der Waals surface area contributed by atoms with Crippen LogP contribution in [0.2, 0.25) is 0 Å². The quantitative estimate of drug-likeness (QED) is 0.348. The summed E-state index contributed by atoms with van der Waals surface area (Å²) >= 11 is 0. The largest absolute Gasteiger partial charge is 0.494 e. The normalized spacial score (nSPS) is 30.4. The number of benzene rings is 3. The number of hydrogen-bond acceptors (Lipinski definition) is 3. The Balaban J connectivity index is 1.23. The van der Waals surface area contributed by atoms with E-state index >= 15 is 0 Å². The van der Waals surface area contributed by atoms with Gasteiger partial charge in [0.25, 0.3) is 0 Å². The predicted octanol–water partition coefficient (Wildman–Crippen LogP) is 7.20. The summed E-state index contributed by atoms with van der Waals surface area (Å²) in [6, 6.07) is 20.7. The number of aryl methyl sites for hydroxylation is 1. The van der Waals surface area contributed by atoms with Gasteiger partial charge in [0.2, 0.25) is 0 Å². The van der Waals surface area contributed by atoms with Crippen molar-refractivity contribution >= 4 is 23.4 Å². The molecule has 4 heteroatoms. The Morgan fingerprint density at radius 3 is 1.95 bits per heavy atom. The lowest BCUT2D eigenvalue weighted by molar-refractivity contribution is -0.00558. The van der Waals surface area contributed by atoms with Crippen molar-refractivity contribution in [3.8, 4) is 11.1 Å². The molecule has 5 aliphatic rings. The maximum absolute atomic E-state index is 9.61. The van der Waals surface area contributed by atoms with Crippen LogP contribution in [0.1, 0.15) is 83.8 Å². The van der Waals surface area contributed by atoms with E-state index in [2.05, 4.69) is 82.3 Å². The average molecular weight is 523 g/mol. The average Bonchev–Trinajstić information content (AvgIpc) is 3.12. The Labute approximate surface area is 234 Å². The van der Waals surface area contributed by atoms with Crippen LogP contribution in [-0.4, -0.2) is 30.0 Å². The Bertz CT molecular complexity index is 1350. The molecule has 0 aromatic heterocycles. The molecule has 5 fully saturated rings. The second kappa shape index (κ2) is 9.19. The summed E-state index contributed by atoms with van der Waals surface area (Å²) in [5.41, 5.74) is 6.43. The summed E-state index contributed by atoms with van der Waals surface area (Å²) in [7, 11) is -0.339. The van der Waals surface area contributed by atoms with Crippen molar-refractivity contribution in [1.82, 2.24) is 0 Å². The molecular weight excluding hydrogens is 479 g/mol. The van der Waals surface area contributed by atoms with Crippen LogP contribution >= 0.6 is 0 Å². The molecule has 0 atom stereocenters. The van der Waals surface area contributed by atoms with Crippen molar-refractivity contribution in [2.24, 2.45) is 17.8 Å². The van der Waals surface area contributed by atoms with Crippen LogP contribution in [0, 0.1) is 17.8 Å². The minimum absolute atomic E-state index is 0.265. The topological polar surface area (TPSA) is 38.7 Å². The minimum atomic E-state index is -0.339. The molecule has 1 heterocycles. The molecule has 1 aliphatic heterocycles. The lowest BCUT2D eigenvalue weighted by Gasteiger charge is -2.57. The van der Waals surface area contributed by atoms with Crippen LogP contribution in [0.25, 0.3) is 21.9 Å². The molecule has 4 aliphatic carbocycles. The molecule has 3 nitrogen and oxygen atoms in total. The molecule has 1 N–H and O–H groups in total. The predicted molar refractivity (Wildman–Crippen MR) is 160 cm³/mol. The van der Waals surface area contributed by atoms with Crippen molar-refractivity contribution in [3.05, 3.63) is 65.7 Å². The monoisotopic (exact) mass is 522 g/mol. The molecule has 39 heavy (non-hydrogen) atoms. The Morgan fingerprint density at radius 2 is 1.31 bits per heavy atom. The summed E-state index contributed by atoms with van der Waals surface area (Å²) in [6.45, 7) is 8.68. The van der Waals surface area contributed by atoms with Gasteiger partial charge in [-0.2, -0.15) is 0 Å². The molecular formula is C35H43BO3. The molecule has 4 saturated carbocycles. The highest BCUT2D eigenvalue weighted by Gasteiger charge is 2.53. The van der Waals surface area contributed by atoms with Crippen LogP contribution in [0.5, 0.6) is 0 Å². The van der Waals surface area contributed by atoms with Gasteiger partial charge >= 0.3 is 7.12 Å². The highest BCUT2D eigenvalue weighted by atomic mass is 16.7. The molecule has 0 radical (unpaired) electrons. The smallest absolute Gasteiger partial charge is 0.399 e. The summed E-state index contributed by atoms with van der Waals surface area (Å²) in [5, 5.41) is 12.1. The summed E-state index contributed by atoms with van der Waals surface area (Å²) < 4.78 is 12.6. The number of fused-ring (bicyclic) bond motifs is 1. The summed E-state index contributed by atoms with van der Waals surface area (Å²) in [6.07, 6.45) is 10.3. The van der Waals surface area contributed by atoms with Crippen molar-refractivity contribution in [1.29, 1.82) is 0 Å². The molecule has 0 amide bonds. The first kappa shape index (κ1) is 25.8. The van der Waals surface area contributed by atoms with E-state index < -0.39 is 0 Å². The van der Waals surface area contributed by atoms with Gasteiger partial charge in [-0.25, -0.2) is 0 Å². The van der Waals surface area contributed by atoms with Gasteiger partial charge in [0.15, 0.2) is 0 Å². The zero-order valence-electron chi connectivity index (χ0n) is 24.1. The van der Waals surface area contributed by atoms with Crippen molar-refractivity contribution in [3.63, 3.8) is 0 Å². The van der Waals surface area contributed by atoms with Crippen LogP contribution in [0.15, 0.2) is 54.6 Å². The van der Waals surface area contributed by atoms with E-state index in [9.17, 15) is 5.11 Å². The van der Waals surface area contributed by atoms with Crippen LogP contribution in [-0.2, 0) is 21.1 Å². The molecule has 3 aromatic carbocycles. The minimum Gasteiger partial charge on any atom is -0.399 e. The molecule has 1 saturated heterocycles. The van der Waals surface area contributed by atoms with Crippen LogP contribution in [0.3, 0.4) is 0 Å². The van der Waals surface area contributed by atoms with E-state index in [-0.39, 0.29) is 24.9 Å². The second-order valence-corrected chi connectivity index (χ2v) is 14.3. The maximum atomic E-state index is 9.61. The molecule has 204 valence electrons. The highest BCUT2D eigenvalue weighted by Crippen LogP contribution is 2.61. The fraction of sp³-hybridized carbons (Fsp3) is 0.543. The summed E-state index contributed by atoms with van der Waals surface area (Å²) in [4.78, 5) is 0. The zero-order chi connectivity index (χ0) is 27.0. The maximum Gasteiger partial charge on any atom is 0.494 e. The van der Waals surface area contributed by atoms with Crippen molar-refractivity contribution in [2.45, 2.75) is 95.7 Å². The van der Waals surface area contributed by atoms with E-state index in [1.807, 2.05) is 0 Å². The SMILES string of the molecule is CC1(C)OB(c2ccc3cc(-c4ccc(CCCO)c(C56CC7CC(CC(C7)C5)C6)c4)ccc3c2)OC1(C)C. The van der Waals surface area contributed by atoms with E-state index in [4.69, 9.17) is 9.31 Å². The van der Waals surface area contributed by atoms with Gasteiger partial charge in [0.05, 0.1) is 11.2 Å². The number of rotatable bonds is 6. The van der Waals surface area contributed by atoms with Gasteiger partial charge in [-0.1, -0.05) is 48.5 Å². The summed E-state index contributed by atoms with van der Waals surface area (Å²) in [5.74, 6) is 2.76. The van der Waals surface area contributed by atoms with Crippen LogP contribution in [0.4, 0.5) is 0 Å². The number of aliphatic hydroxyl groups excluding tert-OH is 1. The van der Waals surface area contributed by atoms with E-state index in [0.717, 1.165) is 36.1 Å². The van der Waals surface area contributed by atoms with E-state index in [1.54, 1.807) is 5.56 Å². The highest BCUT2D eigenvalue weighted by molar-refractivity contribution is 6.62. The third kappa shape index (κ3) is 4.38. The van der Waals surface area contributed by atoms with Gasteiger partial charge in [0, 0.05) is 6.61 Å². The molecule has 0 spiro atoms. The Kier molecular flexibility index (Phi) is 6.08. The zero-order valence-corrected chi connectivity index (χ0v) is 24.1. The molecule has 4 bridgehead atoms. The standard InChI is InChI=1S/C35H43BO3/c1-33(2)34(3,4)39-36(38-33)31-12-11-28-17-27(9-10-29(28)18-31)30-8-7-26(6-5-13-37)32(19-30)35-20-23-14-24(21-35)16-25(15-23)22-35/h7-12,17-19,23-25,37H,5-6,13-16,20-22H2,1-4H3. The van der Waals surface area contributed by atoms with Gasteiger partial charge in [-0.3, -0.25) is 0 Å². The van der Waals surface area contributed by atoms with Crippen LogP contribution < -0.4 is 5.46 Å². The third-order valence-corrected chi connectivity index (χ3v) is 11.0. The van der Waals surface area contributed by atoms with Crippen molar-refractivity contribution < 1.29 is 14.4 Å². The van der Waals surface area contributed by atoms with Gasteiger partial charge in [0.1, 0.15) is 0 Å². The van der Waals surface area contributed by atoms with E-state index in [0.29, 0.717) is 5.41 Å². The lowest BCUT2D eigenvalue weighted by atomic mass is 9.47. The van der Waals surface area contributed by atoms with Gasteiger partial charge in [-0.15, -0.1) is 0 Å². The first-order chi connectivity index (χ1) is 18.6. The third-order valence-electron chi connectivity index (χ3n) is 11.0. The Hall–Kier alpha value is -2.14. The first-order valence-electron chi connectivity index (χ1n) is 15.3. The molecule has 3 aromatic rings. The first-order valence-corrected chi connectivity index (χ1v) is 15.3. The van der Waals surface area contributed by atoms with Gasteiger partial charge < -0.3 is 14.4 Å². The fourth-order valence-corrected chi connectivity index (χ4v) is 8.75. The second-order valence-electron chi connectivity index (χ2n) is 14.3. The lowest BCUT2D eigenvalue weighted by Crippen LogP contribution is -2.49. The Morgan fingerprint density at radius 1 is 0.744 bits per heavy atom. The fourth-order valence-electron chi connectivity index (χ4n) is 8.75. The van der Waals surface area contributed by atoms with Gasteiger partial charge in [-0.05, 0) is 147 Å².